The predicted octanol–water partition coefficient (Wildman–Crippen LogP) is 3.32. The van der Waals surface area contributed by atoms with Gasteiger partial charge in [0.2, 0.25) is 0 Å². The SMILES string of the molecule is C=CCCCC(C)C(=O)OC(C)(C)C. The lowest BCUT2D eigenvalue weighted by molar-refractivity contribution is -0.159. The molecular formula is C12H22O2. The molecule has 0 rings (SSSR count). The van der Waals surface area contributed by atoms with Crippen molar-refractivity contribution in [2.45, 2.75) is 52.6 Å². The Hall–Kier alpha value is -0.790. The molecule has 0 saturated heterocycles. The van der Waals surface area contributed by atoms with E-state index in [-0.39, 0.29) is 17.5 Å². The van der Waals surface area contributed by atoms with Crippen molar-refractivity contribution < 1.29 is 9.53 Å². The van der Waals surface area contributed by atoms with Gasteiger partial charge in [-0.2, -0.15) is 0 Å². The second kappa shape index (κ2) is 5.84. The number of unbranched alkanes of at least 4 members (excludes halogenated alkanes) is 1. The molecule has 1 unspecified atom stereocenters. The van der Waals surface area contributed by atoms with Crippen molar-refractivity contribution >= 4 is 5.97 Å². The standard InChI is InChI=1S/C12H22O2/c1-6-7-8-9-10(2)11(13)14-12(3,4)5/h6,10H,1,7-9H2,2-5H3. The van der Waals surface area contributed by atoms with Crippen LogP contribution in [0.5, 0.6) is 0 Å². The summed E-state index contributed by atoms with van der Waals surface area (Å²) in [4.78, 5) is 11.5. The first kappa shape index (κ1) is 13.2. The van der Waals surface area contributed by atoms with Crippen molar-refractivity contribution in [2.24, 2.45) is 5.92 Å². The van der Waals surface area contributed by atoms with E-state index in [2.05, 4.69) is 6.58 Å². The summed E-state index contributed by atoms with van der Waals surface area (Å²) in [6.07, 6.45) is 4.72. The van der Waals surface area contributed by atoms with Gasteiger partial charge in [0.25, 0.3) is 0 Å². The van der Waals surface area contributed by atoms with E-state index in [9.17, 15) is 4.79 Å². The maximum absolute atomic E-state index is 11.5. The van der Waals surface area contributed by atoms with Gasteiger partial charge in [-0.05, 0) is 40.0 Å². The second-order valence-corrected chi connectivity index (χ2v) is 4.65. The number of carbonyl (C=O) groups is 1. The minimum atomic E-state index is -0.371. The first-order chi connectivity index (χ1) is 6.37. The molecule has 2 nitrogen and oxygen atoms in total. The number of allylic oxidation sites excluding steroid dienone is 1. The largest absolute Gasteiger partial charge is 0.460 e. The lowest BCUT2D eigenvalue weighted by atomic mass is 10.0. The lowest BCUT2D eigenvalue weighted by Gasteiger charge is -2.22. The van der Waals surface area contributed by atoms with E-state index in [4.69, 9.17) is 4.74 Å². The minimum Gasteiger partial charge on any atom is -0.460 e. The average Bonchev–Trinajstić information content (AvgIpc) is 2.01. The van der Waals surface area contributed by atoms with Crippen LogP contribution in [-0.2, 0) is 9.53 Å². The van der Waals surface area contributed by atoms with Gasteiger partial charge in [-0.25, -0.2) is 0 Å². The number of esters is 1. The average molecular weight is 198 g/mol. The highest BCUT2D eigenvalue weighted by atomic mass is 16.6. The van der Waals surface area contributed by atoms with Gasteiger partial charge >= 0.3 is 5.97 Å². The number of hydrogen-bond donors (Lipinski definition) is 0. The topological polar surface area (TPSA) is 26.3 Å². The summed E-state index contributed by atoms with van der Waals surface area (Å²) < 4.78 is 5.27. The Bertz CT molecular complexity index is 189. The van der Waals surface area contributed by atoms with Crippen LogP contribution in [0.2, 0.25) is 0 Å². The van der Waals surface area contributed by atoms with Crippen LogP contribution in [-0.4, -0.2) is 11.6 Å². The molecule has 0 aromatic rings. The normalized spacial score (nSPS) is 13.4. The molecule has 0 heterocycles. The maximum atomic E-state index is 11.5. The van der Waals surface area contributed by atoms with Crippen LogP contribution in [0.15, 0.2) is 12.7 Å². The van der Waals surface area contributed by atoms with Crippen molar-refractivity contribution in [1.29, 1.82) is 0 Å². The van der Waals surface area contributed by atoms with Gasteiger partial charge in [-0.15, -0.1) is 6.58 Å². The maximum Gasteiger partial charge on any atom is 0.309 e. The molecule has 0 bridgehead atoms. The third-order valence-electron chi connectivity index (χ3n) is 1.85. The molecular weight excluding hydrogens is 176 g/mol. The van der Waals surface area contributed by atoms with E-state index < -0.39 is 0 Å². The van der Waals surface area contributed by atoms with Gasteiger partial charge in [-0.3, -0.25) is 4.79 Å². The van der Waals surface area contributed by atoms with Crippen LogP contribution >= 0.6 is 0 Å². The predicted molar refractivity (Wildman–Crippen MR) is 59.1 cm³/mol. The van der Waals surface area contributed by atoms with Crippen LogP contribution < -0.4 is 0 Å². The summed E-state index contributed by atoms with van der Waals surface area (Å²) in [7, 11) is 0. The van der Waals surface area contributed by atoms with Gasteiger partial charge in [0.1, 0.15) is 5.60 Å². The van der Waals surface area contributed by atoms with Crippen molar-refractivity contribution in [3.8, 4) is 0 Å². The van der Waals surface area contributed by atoms with Crippen molar-refractivity contribution in [2.75, 3.05) is 0 Å². The minimum absolute atomic E-state index is 0.00539. The van der Waals surface area contributed by atoms with Crippen LogP contribution in [0, 0.1) is 5.92 Å². The molecule has 1 atom stereocenters. The van der Waals surface area contributed by atoms with Gasteiger partial charge < -0.3 is 4.74 Å². The Kier molecular flexibility index (Phi) is 5.51. The summed E-state index contributed by atoms with van der Waals surface area (Å²) in [6, 6.07) is 0. The fourth-order valence-corrected chi connectivity index (χ4v) is 1.09. The molecule has 0 saturated carbocycles. The zero-order valence-corrected chi connectivity index (χ0v) is 9.80. The molecule has 2 heteroatoms. The van der Waals surface area contributed by atoms with Crippen molar-refractivity contribution in [3.63, 3.8) is 0 Å². The highest BCUT2D eigenvalue weighted by Gasteiger charge is 2.20. The Morgan fingerprint density at radius 1 is 1.50 bits per heavy atom. The molecule has 0 aromatic heterocycles. The Labute approximate surface area is 87.3 Å². The molecule has 0 aliphatic carbocycles. The monoisotopic (exact) mass is 198 g/mol. The fraction of sp³-hybridized carbons (Fsp3) is 0.750. The van der Waals surface area contributed by atoms with Gasteiger partial charge in [0, 0.05) is 0 Å². The highest BCUT2D eigenvalue weighted by Crippen LogP contribution is 2.15. The number of hydrogen-bond acceptors (Lipinski definition) is 2. The molecule has 0 aliphatic rings. The summed E-state index contributed by atoms with van der Waals surface area (Å²) in [5.41, 5.74) is -0.371. The molecule has 0 radical (unpaired) electrons. The van der Waals surface area contributed by atoms with E-state index in [0.29, 0.717) is 0 Å². The van der Waals surface area contributed by atoms with Crippen LogP contribution in [0.3, 0.4) is 0 Å². The molecule has 0 aliphatic heterocycles. The van der Waals surface area contributed by atoms with E-state index >= 15 is 0 Å². The summed E-state index contributed by atoms with van der Waals surface area (Å²) in [6.45, 7) is 11.2. The van der Waals surface area contributed by atoms with Crippen LogP contribution in [0.25, 0.3) is 0 Å². The first-order valence-electron chi connectivity index (χ1n) is 5.20. The molecule has 82 valence electrons. The van der Waals surface area contributed by atoms with E-state index in [1.165, 1.54) is 0 Å². The number of ether oxygens (including phenoxy) is 1. The van der Waals surface area contributed by atoms with Crippen LogP contribution in [0.4, 0.5) is 0 Å². The lowest BCUT2D eigenvalue weighted by Crippen LogP contribution is -2.27. The quantitative estimate of drug-likeness (QED) is 0.385. The third kappa shape index (κ3) is 6.70. The Balaban J connectivity index is 3.82. The fourth-order valence-electron chi connectivity index (χ4n) is 1.09. The Morgan fingerprint density at radius 3 is 2.50 bits per heavy atom. The molecule has 0 aromatic carbocycles. The molecule has 0 fully saturated rings. The van der Waals surface area contributed by atoms with Gasteiger partial charge in [0.15, 0.2) is 0 Å². The summed E-state index contributed by atoms with van der Waals surface area (Å²) >= 11 is 0. The van der Waals surface area contributed by atoms with Gasteiger partial charge in [0.05, 0.1) is 5.92 Å². The highest BCUT2D eigenvalue weighted by molar-refractivity contribution is 5.72. The Morgan fingerprint density at radius 2 is 2.07 bits per heavy atom. The smallest absolute Gasteiger partial charge is 0.309 e. The van der Waals surface area contributed by atoms with E-state index in [0.717, 1.165) is 19.3 Å². The summed E-state index contributed by atoms with van der Waals surface area (Å²) in [5, 5.41) is 0. The zero-order valence-electron chi connectivity index (χ0n) is 9.80. The van der Waals surface area contributed by atoms with Crippen LogP contribution in [0.1, 0.15) is 47.0 Å². The third-order valence-corrected chi connectivity index (χ3v) is 1.85. The molecule has 14 heavy (non-hydrogen) atoms. The van der Waals surface area contributed by atoms with Crippen molar-refractivity contribution in [1.82, 2.24) is 0 Å². The van der Waals surface area contributed by atoms with Crippen molar-refractivity contribution in [3.05, 3.63) is 12.7 Å². The molecule has 0 N–H and O–H groups in total. The van der Waals surface area contributed by atoms with E-state index in [1.54, 1.807) is 0 Å². The van der Waals surface area contributed by atoms with Gasteiger partial charge in [-0.1, -0.05) is 13.0 Å². The second-order valence-electron chi connectivity index (χ2n) is 4.65. The number of carbonyl (C=O) groups excluding carboxylic acids is 1. The summed E-state index contributed by atoms with van der Waals surface area (Å²) in [5.74, 6) is -0.101. The zero-order chi connectivity index (χ0) is 11.2. The molecule has 0 amide bonds. The first-order valence-corrected chi connectivity index (χ1v) is 5.20. The number of rotatable bonds is 5. The molecule has 0 spiro atoms. The van der Waals surface area contributed by atoms with E-state index in [1.807, 2.05) is 33.8 Å².